The van der Waals surface area contributed by atoms with E-state index in [1.165, 1.54) is 38.8 Å². The minimum atomic E-state index is 0.192. The zero-order valence-corrected chi connectivity index (χ0v) is 11.7. The van der Waals surface area contributed by atoms with Gasteiger partial charge in [0.05, 0.1) is 5.60 Å². The molecular formula is C14H28N2O. The molecule has 1 N–H and O–H groups in total. The van der Waals surface area contributed by atoms with Crippen LogP contribution in [0, 0.1) is 5.92 Å². The zero-order valence-electron chi connectivity index (χ0n) is 11.7. The Labute approximate surface area is 106 Å². The Hall–Kier alpha value is -0.120. The van der Waals surface area contributed by atoms with Crippen LogP contribution < -0.4 is 5.32 Å². The molecule has 17 heavy (non-hydrogen) atoms. The molecule has 2 rings (SSSR count). The second kappa shape index (κ2) is 5.68. The average molecular weight is 240 g/mol. The van der Waals surface area contributed by atoms with E-state index in [0.29, 0.717) is 6.04 Å². The Morgan fingerprint density at radius 2 is 2.24 bits per heavy atom. The van der Waals surface area contributed by atoms with Crippen molar-refractivity contribution in [1.29, 1.82) is 0 Å². The molecular weight excluding hydrogens is 212 g/mol. The lowest BCUT2D eigenvalue weighted by Gasteiger charge is -2.46. The fourth-order valence-electron chi connectivity index (χ4n) is 3.06. The number of rotatable bonds is 5. The van der Waals surface area contributed by atoms with Gasteiger partial charge in [-0.15, -0.1) is 0 Å². The highest BCUT2D eigenvalue weighted by molar-refractivity contribution is 4.94. The van der Waals surface area contributed by atoms with E-state index in [2.05, 4.69) is 24.1 Å². The average Bonchev–Trinajstić information content (AvgIpc) is 2.33. The number of methoxy groups -OCH3 is 1. The van der Waals surface area contributed by atoms with Crippen LogP contribution >= 0.6 is 0 Å². The Morgan fingerprint density at radius 1 is 1.47 bits per heavy atom. The summed E-state index contributed by atoms with van der Waals surface area (Å²) in [7, 11) is 1.88. The third kappa shape index (κ3) is 3.01. The highest BCUT2D eigenvalue weighted by Gasteiger charge is 2.39. The first-order valence-corrected chi connectivity index (χ1v) is 7.20. The topological polar surface area (TPSA) is 24.5 Å². The van der Waals surface area contributed by atoms with E-state index in [4.69, 9.17) is 4.74 Å². The van der Waals surface area contributed by atoms with Gasteiger partial charge in [0.2, 0.25) is 0 Å². The normalized spacial score (nSPS) is 30.9. The van der Waals surface area contributed by atoms with E-state index in [1.807, 2.05) is 7.11 Å². The molecule has 1 aliphatic carbocycles. The van der Waals surface area contributed by atoms with Crippen LogP contribution in [-0.4, -0.2) is 49.8 Å². The second-order valence-electron chi connectivity index (χ2n) is 5.92. The van der Waals surface area contributed by atoms with Crippen molar-refractivity contribution in [3.8, 4) is 0 Å². The SMILES string of the molecule is CCC(C)C1CN(CC2(OC)CCC2)CCN1. The Kier molecular flexibility index (Phi) is 4.45. The molecule has 1 heterocycles. The van der Waals surface area contributed by atoms with Gasteiger partial charge in [0.1, 0.15) is 0 Å². The van der Waals surface area contributed by atoms with Crippen molar-refractivity contribution in [2.75, 3.05) is 33.3 Å². The smallest absolute Gasteiger partial charge is 0.0805 e. The van der Waals surface area contributed by atoms with Gasteiger partial charge in [-0.2, -0.15) is 0 Å². The number of nitrogens with zero attached hydrogens (tertiary/aromatic N) is 1. The summed E-state index contributed by atoms with van der Waals surface area (Å²) in [6.45, 7) is 9.29. The lowest BCUT2D eigenvalue weighted by atomic mass is 9.79. The fourth-order valence-corrected chi connectivity index (χ4v) is 3.06. The van der Waals surface area contributed by atoms with Gasteiger partial charge < -0.3 is 10.1 Å². The molecule has 2 fully saturated rings. The molecule has 2 aliphatic rings. The molecule has 0 radical (unpaired) electrons. The number of piperazine rings is 1. The molecule has 3 heteroatoms. The van der Waals surface area contributed by atoms with Crippen molar-refractivity contribution in [2.24, 2.45) is 5.92 Å². The maximum Gasteiger partial charge on any atom is 0.0805 e. The molecule has 0 aromatic rings. The van der Waals surface area contributed by atoms with E-state index in [-0.39, 0.29) is 5.60 Å². The quantitative estimate of drug-likeness (QED) is 0.794. The van der Waals surface area contributed by atoms with Crippen LogP contribution in [0.3, 0.4) is 0 Å². The van der Waals surface area contributed by atoms with Crippen molar-refractivity contribution in [1.82, 2.24) is 10.2 Å². The number of ether oxygens (including phenoxy) is 1. The van der Waals surface area contributed by atoms with Gasteiger partial charge in [-0.3, -0.25) is 4.90 Å². The van der Waals surface area contributed by atoms with Crippen LogP contribution in [0.4, 0.5) is 0 Å². The monoisotopic (exact) mass is 240 g/mol. The van der Waals surface area contributed by atoms with E-state index < -0.39 is 0 Å². The summed E-state index contributed by atoms with van der Waals surface area (Å²) in [5, 5.41) is 3.66. The summed E-state index contributed by atoms with van der Waals surface area (Å²) >= 11 is 0. The summed E-state index contributed by atoms with van der Waals surface area (Å²) in [6, 6.07) is 0.669. The maximum absolute atomic E-state index is 5.74. The molecule has 0 bridgehead atoms. The van der Waals surface area contributed by atoms with Gasteiger partial charge in [0.25, 0.3) is 0 Å². The molecule has 0 amide bonds. The first-order chi connectivity index (χ1) is 8.19. The lowest BCUT2D eigenvalue weighted by molar-refractivity contribution is -0.0950. The van der Waals surface area contributed by atoms with E-state index in [9.17, 15) is 0 Å². The minimum Gasteiger partial charge on any atom is -0.377 e. The Balaban J connectivity index is 1.84. The highest BCUT2D eigenvalue weighted by Crippen LogP contribution is 2.36. The van der Waals surface area contributed by atoms with Crippen molar-refractivity contribution in [3.05, 3.63) is 0 Å². The van der Waals surface area contributed by atoms with Crippen LogP contribution in [-0.2, 0) is 4.74 Å². The third-order valence-corrected chi connectivity index (χ3v) is 4.83. The molecule has 2 unspecified atom stereocenters. The summed E-state index contributed by atoms with van der Waals surface area (Å²) in [5.41, 5.74) is 0.192. The van der Waals surface area contributed by atoms with Gasteiger partial charge in [-0.05, 0) is 25.2 Å². The molecule has 1 saturated carbocycles. The highest BCUT2D eigenvalue weighted by atomic mass is 16.5. The van der Waals surface area contributed by atoms with E-state index >= 15 is 0 Å². The van der Waals surface area contributed by atoms with Crippen molar-refractivity contribution in [2.45, 2.75) is 51.2 Å². The predicted molar refractivity (Wildman–Crippen MR) is 71.3 cm³/mol. The van der Waals surface area contributed by atoms with Crippen LogP contribution in [0.1, 0.15) is 39.5 Å². The molecule has 3 nitrogen and oxygen atoms in total. The number of hydrogen-bond donors (Lipinski definition) is 1. The van der Waals surface area contributed by atoms with Crippen LogP contribution in [0.2, 0.25) is 0 Å². The van der Waals surface area contributed by atoms with Gasteiger partial charge in [0.15, 0.2) is 0 Å². The van der Waals surface area contributed by atoms with Gasteiger partial charge in [0, 0.05) is 39.3 Å². The molecule has 1 aliphatic heterocycles. The summed E-state index contributed by atoms with van der Waals surface area (Å²) < 4.78 is 5.74. The maximum atomic E-state index is 5.74. The number of nitrogens with one attached hydrogen (secondary N) is 1. The molecule has 0 aromatic carbocycles. The van der Waals surface area contributed by atoms with Crippen LogP contribution in [0.5, 0.6) is 0 Å². The predicted octanol–water partition coefficient (Wildman–Crippen LogP) is 1.88. The molecule has 1 saturated heterocycles. The zero-order chi connectivity index (χ0) is 12.3. The summed E-state index contributed by atoms with van der Waals surface area (Å²) in [4.78, 5) is 2.61. The fraction of sp³-hybridized carbons (Fsp3) is 1.00. The van der Waals surface area contributed by atoms with Gasteiger partial charge in [-0.1, -0.05) is 20.3 Å². The third-order valence-electron chi connectivity index (χ3n) is 4.83. The molecule has 0 aromatic heterocycles. The first-order valence-electron chi connectivity index (χ1n) is 7.20. The second-order valence-corrected chi connectivity index (χ2v) is 5.92. The standard InChI is InChI=1S/C14H28N2O/c1-4-12(2)13-10-16(9-8-15-13)11-14(17-3)6-5-7-14/h12-13,15H,4-11H2,1-3H3. The van der Waals surface area contributed by atoms with Crippen LogP contribution in [0.15, 0.2) is 0 Å². The molecule has 2 atom stereocenters. The number of hydrogen-bond acceptors (Lipinski definition) is 3. The molecule has 100 valence electrons. The minimum absolute atomic E-state index is 0.192. The first kappa shape index (κ1) is 13.3. The van der Waals surface area contributed by atoms with Gasteiger partial charge in [-0.25, -0.2) is 0 Å². The van der Waals surface area contributed by atoms with E-state index in [1.54, 1.807) is 0 Å². The molecule has 0 spiro atoms. The lowest BCUT2D eigenvalue weighted by Crippen LogP contribution is -2.58. The van der Waals surface area contributed by atoms with E-state index in [0.717, 1.165) is 19.0 Å². The largest absolute Gasteiger partial charge is 0.377 e. The Bertz CT molecular complexity index is 235. The summed E-state index contributed by atoms with van der Waals surface area (Å²) in [6.07, 6.45) is 5.11. The van der Waals surface area contributed by atoms with Crippen LogP contribution in [0.25, 0.3) is 0 Å². The van der Waals surface area contributed by atoms with Crippen molar-refractivity contribution < 1.29 is 4.74 Å². The van der Waals surface area contributed by atoms with Crippen molar-refractivity contribution >= 4 is 0 Å². The Morgan fingerprint density at radius 3 is 2.76 bits per heavy atom. The summed E-state index contributed by atoms with van der Waals surface area (Å²) in [5.74, 6) is 0.776. The van der Waals surface area contributed by atoms with Crippen molar-refractivity contribution in [3.63, 3.8) is 0 Å². The van der Waals surface area contributed by atoms with Gasteiger partial charge >= 0.3 is 0 Å².